The first-order valence-electron chi connectivity index (χ1n) is 13.7. The highest BCUT2D eigenvalue weighted by molar-refractivity contribution is 5.24. The summed E-state index contributed by atoms with van der Waals surface area (Å²) in [6.45, 7) is 14.8. The summed E-state index contributed by atoms with van der Waals surface area (Å²) >= 11 is 0. The molecule has 2 nitrogen and oxygen atoms in total. The van der Waals surface area contributed by atoms with Crippen LogP contribution in [0.1, 0.15) is 99.3 Å². The van der Waals surface area contributed by atoms with Crippen molar-refractivity contribution < 1.29 is 9.84 Å². The van der Waals surface area contributed by atoms with E-state index in [9.17, 15) is 5.11 Å². The van der Waals surface area contributed by atoms with E-state index in [1.807, 2.05) is 0 Å². The lowest BCUT2D eigenvalue weighted by Gasteiger charge is -2.59. The molecule has 1 heterocycles. The second-order valence-electron chi connectivity index (χ2n) is 13.2. The summed E-state index contributed by atoms with van der Waals surface area (Å²) in [6, 6.07) is 0. The maximum atomic E-state index is 10.4. The van der Waals surface area contributed by atoms with Gasteiger partial charge in [-0.1, -0.05) is 53.7 Å². The maximum Gasteiger partial charge on any atom is 0.103 e. The van der Waals surface area contributed by atoms with Gasteiger partial charge in [-0.2, -0.15) is 0 Å². The third-order valence-electron chi connectivity index (χ3n) is 11.8. The first-order valence-corrected chi connectivity index (χ1v) is 13.7. The van der Waals surface area contributed by atoms with E-state index in [0.29, 0.717) is 22.9 Å². The molecule has 1 aliphatic heterocycles. The molecule has 1 saturated heterocycles. The summed E-state index contributed by atoms with van der Waals surface area (Å²) < 4.78 is 6.52. The molecule has 11 atom stereocenters. The molecule has 5 aliphatic rings. The van der Waals surface area contributed by atoms with Gasteiger partial charge in [0.1, 0.15) is 5.60 Å². The Bertz CT molecular complexity index is 714. The molecule has 0 amide bonds. The van der Waals surface area contributed by atoms with E-state index in [-0.39, 0.29) is 11.7 Å². The molecule has 0 bridgehead atoms. The Kier molecular flexibility index (Phi) is 5.50. The van der Waals surface area contributed by atoms with E-state index in [2.05, 4.69) is 53.7 Å². The average Bonchev–Trinajstić information content (AvgIpc) is 3.29. The van der Waals surface area contributed by atoms with Crippen molar-refractivity contribution >= 4 is 0 Å². The molecule has 4 aliphatic carbocycles. The smallest absolute Gasteiger partial charge is 0.103 e. The Balaban J connectivity index is 1.35. The minimum absolute atomic E-state index is 0.0274. The van der Waals surface area contributed by atoms with E-state index in [0.717, 1.165) is 48.3 Å². The highest BCUT2D eigenvalue weighted by Gasteiger charge is 2.76. The van der Waals surface area contributed by atoms with Gasteiger partial charge in [-0.05, 0) is 98.2 Å². The molecule has 31 heavy (non-hydrogen) atoms. The van der Waals surface area contributed by atoms with Gasteiger partial charge in [0.05, 0.1) is 12.2 Å². The molecule has 0 aromatic heterocycles. The topological polar surface area (TPSA) is 32.8 Å². The van der Waals surface area contributed by atoms with Crippen molar-refractivity contribution in [2.75, 3.05) is 0 Å². The zero-order valence-corrected chi connectivity index (χ0v) is 21.1. The van der Waals surface area contributed by atoms with E-state index in [1.165, 1.54) is 44.9 Å². The van der Waals surface area contributed by atoms with Gasteiger partial charge in [-0.3, -0.25) is 0 Å². The van der Waals surface area contributed by atoms with Gasteiger partial charge in [-0.15, -0.1) is 0 Å². The van der Waals surface area contributed by atoms with Gasteiger partial charge in [0, 0.05) is 11.8 Å². The Labute approximate surface area is 191 Å². The van der Waals surface area contributed by atoms with Crippen molar-refractivity contribution in [3.63, 3.8) is 0 Å². The van der Waals surface area contributed by atoms with Crippen LogP contribution in [0.5, 0.6) is 0 Å². The van der Waals surface area contributed by atoms with Gasteiger partial charge in [0.25, 0.3) is 0 Å². The molecule has 2 heteroatoms. The predicted molar refractivity (Wildman–Crippen MR) is 128 cm³/mol. The lowest BCUT2D eigenvalue weighted by Crippen LogP contribution is -2.58. The van der Waals surface area contributed by atoms with Crippen LogP contribution in [-0.2, 0) is 4.74 Å². The highest BCUT2D eigenvalue weighted by Crippen LogP contribution is 2.74. The molecular weight excluding hydrogens is 380 g/mol. The van der Waals surface area contributed by atoms with Crippen molar-refractivity contribution in [3.8, 4) is 0 Å². The van der Waals surface area contributed by atoms with Crippen LogP contribution in [0.15, 0.2) is 12.2 Å². The molecule has 0 radical (unpaired) electrons. The summed E-state index contributed by atoms with van der Waals surface area (Å²) in [4.78, 5) is 0. The number of hydrogen-bond donors (Lipinski definition) is 1. The van der Waals surface area contributed by atoms with Crippen molar-refractivity contribution in [2.24, 2.45) is 52.3 Å². The van der Waals surface area contributed by atoms with Crippen LogP contribution in [0.25, 0.3) is 0 Å². The molecule has 5 fully saturated rings. The predicted octanol–water partition coefficient (Wildman–Crippen LogP) is 7.01. The van der Waals surface area contributed by atoms with Crippen molar-refractivity contribution in [1.82, 2.24) is 0 Å². The first kappa shape index (κ1) is 22.5. The van der Waals surface area contributed by atoms with E-state index in [1.54, 1.807) is 0 Å². The number of aliphatic hydroxyl groups excluding tert-OH is 1. The molecule has 0 aromatic rings. The maximum absolute atomic E-state index is 10.4. The number of rotatable bonds is 5. The largest absolute Gasteiger partial charge is 0.393 e. The van der Waals surface area contributed by atoms with Gasteiger partial charge in [0.15, 0.2) is 0 Å². The zero-order valence-electron chi connectivity index (χ0n) is 21.1. The summed E-state index contributed by atoms with van der Waals surface area (Å²) in [6.07, 6.45) is 16.7. The summed E-state index contributed by atoms with van der Waals surface area (Å²) in [5, 5.41) is 10.4. The third-order valence-corrected chi connectivity index (χ3v) is 11.8. The quantitative estimate of drug-likeness (QED) is 0.377. The van der Waals surface area contributed by atoms with E-state index in [4.69, 9.17) is 4.74 Å². The molecular formula is C29H48O2. The highest BCUT2D eigenvalue weighted by atomic mass is 16.6. The lowest BCUT2D eigenvalue weighted by molar-refractivity contribution is -0.115. The molecule has 4 saturated carbocycles. The van der Waals surface area contributed by atoms with Crippen LogP contribution in [0.2, 0.25) is 0 Å². The van der Waals surface area contributed by atoms with E-state index >= 15 is 0 Å². The van der Waals surface area contributed by atoms with Crippen LogP contribution in [0.4, 0.5) is 0 Å². The fourth-order valence-corrected chi connectivity index (χ4v) is 9.84. The van der Waals surface area contributed by atoms with Gasteiger partial charge in [0.2, 0.25) is 0 Å². The number of fused-ring (bicyclic) bond motifs is 4. The molecule has 5 rings (SSSR count). The third kappa shape index (κ3) is 3.17. The summed E-state index contributed by atoms with van der Waals surface area (Å²) in [5.74, 6) is 5.54. The van der Waals surface area contributed by atoms with Crippen LogP contribution < -0.4 is 0 Å². The summed E-state index contributed by atoms with van der Waals surface area (Å²) in [5.41, 5.74) is 0.833. The van der Waals surface area contributed by atoms with Gasteiger partial charge < -0.3 is 9.84 Å². The number of allylic oxidation sites excluding steroid dienone is 2. The van der Waals surface area contributed by atoms with Crippen LogP contribution in [0, 0.1) is 52.3 Å². The Morgan fingerprint density at radius 3 is 2.48 bits per heavy atom. The SMILES string of the molecule is CCC(/C=C/[C@@H](C)C1CCC2C3C[C@H]4O[C@]45C[C@@H](O)CC[C@]5(C)C3CC[C@@]21C)C(C)C. The zero-order chi connectivity index (χ0) is 22.2. The molecule has 176 valence electrons. The van der Waals surface area contributed by atoms with Crippen LogP contribution >= 0.6 is 0 Å². The normalized spacial score (nSPS) is 52.9. The molecule has 1 spiro atoms. The van der Waals surface area contributed by atoms with Gasteiger partial charge >= 0.3 is 0 Å². The number of ether oxygens (including phenoxy) is 1. The second kappa shape index (κ2) is 7.59. The standard InChI is InChI=1S/C29H48O2/c1-7-20(18(2)3)9-8-19(4)23-10-11-24-22-16-26-29(31-26)17-21(30)12-15-28(29,6)25(22)13-14-27(23,24)5/h8-9,18-26,30H,7,10-17H2,1-6H3/b9-8+/t19-,20?,21+,22?,23?,24?,25?,26-,27-,28-,29-/m1/s1. The second-order valence-corrected chi connectivity index (χ2v) is 13.2. The minimum Gasteiger partial charge on any atom is -0.393 e. The van der Waals surface area contributed by atoms with Crippen molar-refractivity contribution in [2.45, 2.75) is 117 Å². The van der Waals surface area contributed by atoms with Crippen molar-refractivity contribution in [1.29, 1.82) is 0 Å². The lowest BCUT2D eigenvalue weighted by atomic mass is 9.44. The number of hydrogen-bond acceptors (Lipinski definition) is 2. The average molecular weight is 429 g/mol. The Morgan fingerprint density at radius 2 is 1.77 bits per heavy atom. The fraction of sp³-hybridized carbons (Fsp3) is 0.931. The Hall–Kier alpha value is -0.340. The molecule has 0 aromatic carbocycles. The van der Waals surface area contributed by atoms with Gasteiger partial charge in [-0.25, -0.2) is 0 Å². The fourth-order valence-electron chi connectivity index (χ4n) is 9.84. The van der Waals surface area contributed by atoms with Crippen molar-refractivity contribution in [3.05, 3.63) is 12.2 Å². The first-order chi connectivity index (χ1) is 14.7. The van der Waals surface area contributed by atoms with E-state index < -0.39 is 0 Å². The Morgan fingerprint density at radius 1 is 1.00 bits per heavy atom. The summed E-state index contributed by atoms with van der Waals surface area (Å²) in [7, 11) is 0. The minimum atomic E-state index is -0.134. The van der Waals surface area contributed by atoms with Crippen LogP contribution in [-0.4, -0.2) is 22.9 Å². The number of aliphatic hydroxyl groups is 1. The molecule has 5 unspecified atom stereocenters. The van der Waals surface area contributed by atoms with Crippen LogP contribution in [0.3, 0.4) is 0 Å². The number of epoxide rings is 1. The molecule has 1 N–H and O–H groups in total. The monoisotopic (exact) mass is 428 g/mol.